The van der Waals surface area contributed by atoms with Crippen LogP contribution in [0.2, 0.25) is 0 Å². The number of nitrogens with one attached hydrogen (secondary N) is 4. The number of carbonyl (C=O) groups is 4. The van der Waals surface area contributed by atoms with E-state index < -0.39 is 24.3 Å². The second-order valence-electron chi connectivity index (χ2n) is 23.4. The summed E-state index contributed by atoms with van der Waals surface area (Å²) in [6.07, 6.45) is 13.2. The number of ketones is 2. The molecule has 4 bridgehead atoms. The average molecular weight is 999 g/mol. The molecule has 74 heavy (non-hydrogen) atoms. The molecule has 0 saturated heterocycles. The topological polar surface area (TPSA) is 168 Å². The first kappa shape index (κ1) is 49.9. The van der Waals surface area contributed by atoms with Crippen molar-refractivity contribution in [3.63, 3.8) is 0 Å². The zero-order valence-corrected chi connectivity index (χ0v) is 44.1. The highest BCUT2D eigenvalue weighted by atomic mass is 16.5. The average Bonchev–Trinajstić information content (AvgIpc) is 4.21. The van der Waals surface area contributed by atoms with Gasteiger partial charge in [0.05, 0.1) is 48.4 Å². The minimum atomic E-state index is -0.619. The second kappa shape index (κ2) is 20.8. The molecule has 4 saturated carbocycles. The number of fused-ring (bicyclic) bond motifs is 4. The number of amides is 2. The Morgan fingerprint density at radius 2 is 0.959 bits per heavy atom. The van der Waals surface area contributed by atoms with Crippen LogP contribution in [0.3, 0.4) is 0 Å². The summed E-state index contributed by atoms with van der Waals surface area (Å²) in [5.41, 5.74) is 13.7. The summed E-state index contributed by atoms with van der Waals surface area (Å²) >= 11 is 0. The quantitative estimate of drug-likeness (QED) is 0.0939. The maximum atomic E-state index is 14.6. The Kier molecular flexibility index (Phi) is 14.0. The molecule has 0 radical (unpaired) electrons. The fourth-order valence-corrected chi connectivity index (χ4v) is 14.7. The number of ether oxygens (including phenoxy) is 2. The summed E-state index contributed by atoms with van der Waals surface area (Å²) in [6, 6.07) is 26.0. The van der Waals surface area contributed by atoms with Crippen molar-refractivity contribution in [1.82, 2.24) is 30.6 Å². The van der Waals surface area contributed by atoms with Crippen LogP contribution in [0.4, 0.5) is 9.59 Å². The smallest absolute Gasteiger partial charge is 0.407 e. The summed E-state index contributed by atoms with van der Waals surface area (Å²) < 4.78 is 9.91. The van der Waals surface area contributed by atoms with Gasteiger partial charge in [-0.1, -0.05) is 115 Å². The highest BCUT2D eigenvalue weighted by Crippen LogP contribution is 2.55. The first-order valence-electron chi connectivity index (χ1n) is 27.9. The van der Waals surface area contributed by atoms with Gasteiger partial charge in [-0.05, 0) is 156 Å². The van der Waals surface area contributed by atoms with Gasteiger partial charge in [0.15, 0.2) is 11.6 Å². The van der Waals surface area contributed by atoms with Crippen LogP contribution in [0, 0.1) is 47.3 Å². The summed E-state index contributed by atoms with van der Waals surface area (Å²) in [5.74, 6) is 2.81. The minimum absolute atomic E-state index is 0.0422. The Bertz CT molecular complexity index is 2890. The van der Waals surface area contributed by atoms with E-state index in [0.29, 0.717) is 11.8 Å². The molecule has 6 aromatic rings. The highest BCUT2D eigenvalue weighted by Gasteiger charge is 2.52. The summed E-state index contributed by atoms with van der Waals surface area (Å²) in [6.45, 7) is 7.96. The van der Waals surface area contributed by atoms with E-state index >= 15 is 0 Å². The Labute approximate surface area is 435 Å². The van der Waals surface area contributed by atoms with Gasteiger partial charge in [-0.15, -0.1) is 0 Å². The zero-order valence-electron chi connectivity index (χ0n) is 44.1. The van der Waals surface area contributed by atoms with Gasteiger partial charge in [0, 0.05) is 23.7 Å². The molecule has 10 atom stereocenters. The number of hydrogen-bond donors (Lipinski definition) is 4. The molecule has 2 heterocycles. The number of aromatic nitrogens is 4. The third-order valence-electron chi connectivity index (χ3n) is 18.4. The summed E-state index contributed by atoms with van der Waals surface area (Å²) in [5, 5.41) is 5.76. The van der Waals surface area contributed by atoms with Gasteiger partial charge in [-0.3, -0.25) is 9.59 Å². The van der Waals surface area contributed by atoms with E-state index in [9.17, 15) is 19.2 Å². The fraction of sp³-hybridized carbons (Fsp3) is 0.516. The van der Waals surface area contributed by atoms with Gasteiger partial charge in [0.1, 0.15) is 11.6 Å². The lowest BCUT2D eigenvalue weighted by Gasteiger charge is -2.32. The van der Waals surface area contributed by atoms with E-state index in [-0.39, 0.29) is 58.9 Å². The van der Waals surface area contributed by atoms with Gasteiger partial charge in [-0.2, -0.15) is 0 Å². The van der Waals surface area contributed by atoms with Crippen LogP contribution >= 0.6 is 0 Å². The molecule has 12 nitrogen and oxygen atoms in total. The molecular weight excluding hydrogens is 925 g/mol. The number of carbonyl (C=O) groups excluding carboxylic acids is 4. The van der Waals surface area contributed by atoms with Crippen molar-refractivity contribution in [2.24, 2.45) is 47.3 Å². The number of imidazole rings is 2. The van der Waals surface area contributed by atoms with Gasteiger partial charge in [0.25, 0.3) is 0 Å². The molecule has 4 unspecified atom stereocenters. The van der Waals surface area contributed by atoms with Gasteiger partial charge in [0.2, 0.25) is 0 Å². The van der Waals surface area contributed by atoms with Crippen molar-refractivity contribution in [3.05, 3.63) is 107 Å². The third kappa shape index (κ3) is 9.55. The van der Waals surface area contributed by atoms with E-state index in [2.05, 4.69) is 93.4 Å². The van der Waals surface area contributed by atoms with Crippen LogP contribution in [0.5, 0.6) is 0 Å². The molecule has 0 aliphatic heterocycles. The molecule has 2 aromatic heterocycles. The molecule has 4 N–H and O–H groups in total. The number of alkyl carbamates (subject to hydrolysis) is 2. The summed E-state index contributed by atoms with van der Waals surface area (Å²) in [4.78, 5) is 72.0. The fourth-order valence-electron chi connectivity index (χ4n) is 14.7. The Hall–Kier alpha value is -6.30. The number of nitrogens with zero attached hydrogens (tertiary/aromatic N) is 2. The maximum Gasteiger partial charge on any atom is 0.407 e. The molecule has 0 spiro atoms. The predicted molar refractivity (Wildman–Crippen MR) is 289 cm³/mol. The number of aromatic amines is 2. The standard InChI is InChI=1S/C62H74N6O6/c1-33(2)55(67-61(71)73-5)57(69)53-43-13-9-7-11-39(43)29-47(53)59-63-49-25-23-41(31-51(49)65-59)45-27-35-15-19-37(45)21-17-36-16-20-38(22-18-35)46(28-36)42-24-26-50-52(32-42)66-60(64-50)48-30-40-12-8-10-14-44(40)54(48)58(70)56(34(3)4)68-62(72)74-6/h15-16,19-20,23-28,31-34,39-40,43-44,47-48,53-56H,7-14,17-18,21-22,29-30H2,1-6H3,(H,63,65)(H,64,66)(H,67,71)(H,68,72)/t39-,40-,43-,44-,47?,48?,53?,54?,55-,56-/m0/s1. The number of rotatable bonds is 12. The van der Waals surface area contributed by atoms with Crippen LogP contribution < -0.4 is 10.6 Å². The van der Waals surface area contributed by atoms with Crippen LogP contribution in [-0.4, -0.2) is 70.0 Å². The monoisotopic (exact) mass is 999 g/mol. The van der Waals surface area contributed by atoms with E-state index in [0.717, 1.165) is 122 Å². The van der Waals surface area contributed by atoms with Crippen molar-refractivity contribution < 1.29 is 28.7 Å². The van der Waals surface area contributed by atoms with Crippen LogP contribution in [0.15, 0.2) is 72.8 Å². The van der Waals surface area contributed by atoms with Gasteiger partial charge in [-0.25, -0.2) is 19.6 Å². The Balaban J connectivity index is 0.849. The second-order valence-corrected chi connectivity index (χ2v) is 23.4. The molecule has 388 valence electrons. The number of benzene rings is 4. The number of Topliss-reactive ketones (excluding diaryl/α,β-unsaturated/α-hetero) is 2. The molecule has 14 rings (SSSR count). The molecule has 8 aliphatic carbocycles. The number of hydrogen-bond acceptors (Lipinski definition) is 8. The lowest BCUT2D eigenvalue weighted by atomic mass is 9.73. The van der Waals surface area contributed by atoms with Crippen LogP contribution in [0.25, 0.3) is 44.3 Å². The first-order chi connectivity index (χ1) is 35.8. The maximum absolute atomic E-state index is 14.6. The lowest BCUT2D eigenvalue weighted by Crippen LogP contribution is -2.48. The van der Waals surface area contributed by atoms with E-state index in [1.807, 2.05) is 27.7 Å². The van der Waals surface area contributed by atoms with Crippen LogP contribution in [-0.2, 0) is 44.7 Å². The van der Waals surface area contributed by atoms with E-state index in [1.165, 1.54) is 60.4 Å². The first-order valence-corrected chi connectivity index (χ1v) is 27.9. The predicted octanol–water partition coefficient (Wildman–Crippen LogP) is 12.4. The molecule has 8 aliphatic rings. The highest BCUT2D eigenvalue weighted by molar-refractivity contribution is 5.92. The van der Waals surface area contributed by atoms with E-state index in [1.54, 1.807) is 0 Å². The number of aryl methyl sites for hydroxylation is 4. The van der Waals surface area contributed by atoms with Crippen molar-refractivity contribution >= 4 is 45.8 Å². The lowest BCUT2D eigenvalue weighted by molar-refractivity contribution is -0.128. The van der Waals surface area contributed by atoms with E-state index in [4.69, 9.17) is 19.4 Å². The normalized spacial score (nSPS) is 25.3. The van der Waals surface area contributed by atoms with Crippen molar-refractivity contribution in [1.29, 1.82) is 0 Å². The van der Waals surface area contributed by atoms with Crippen molar-refractivity contribution in [2.75, 3.05) is 14.2 Å². The molecule has 2 amide bonds. The number of H-pyrrole nitrogens is 2. The van der Waals surface area contributed by atoms with Gasteiger partial charge < -0.3 is 30.1 Å². The Morgan fingerprint density at radius 3 is 1.36 bits per heavy atom. The minimum Gasteiger partial charge on any atom is -0.453 e. The van der Waals surface area contributed by atoms with Crippen molar-refractivity contribution in [2.45, 2.75) is 142 Å². The van der Waals surface area contributed by atoms with Gasteiger partial charge >= 0.3 is 12.2 Å². The molecule has 4 fully saturated rings. The molecule has 12 heteroatoms. The Morgan fingerprint density at radius 1 is 0.541 bits per heavy atom. The molecular formula is C62H74N6O6. The molecule has 4 aromatic carbocycles. The number of methoxy groups -OCH3 is 2. The zero-order chi connectivity index (χ0) is 51.4. The SMILES string of the molecule is COC(=O)N[C@H](C(=O)C1C(c2nc3cc(-c4cc5ccc4CCc4ccc(c(-c6ccc7[nH]c(C8C[C@@H]9CCCC[C@@H]9C8C(=O)[C@@H](NC(=O)OC)C(C)C)nc7c6)c4)CC5)ccc3[nH]2)C[C@@H]2CCCC[C@H]12)C(C)C. The summed E-state index contributed by atoms with van der Waals surface area (Å²) in [7, 11) is 2.69. The third-order valence-corrected chi connectivity index (χ3v) is 18.4. The largest absolute Gasteiger partial charge is 0.453 e. The van der Waals surface area contributed by atoms with Crippen LogP contribution in [0.1, 0.15) is 138 Å². The van der Waals surface area contributed by atoms with Crippen molar-refractivity contribution in [3.8, 4) is 22.3 Å².